The van der Waals surface area contributed by atoms with E-state index in [9.17, 15) is 34.0 Å². The van der Waals surface area contributed by atoms with Gasteiger partial charge in [-0.3, -0.25) is 9.69 Å². The smallest absolute Gasteiger partial charge is 0.234 e. The maximum atomic E-state index is 13.4. The minimum absolute atomic E-state index is 0.00171. The molecule has 8 rings (SSSR count). The second-order valence-corrected chi connectivity index (χ2v) is 17.1. The normalized spacial score (nSPS) is 19.1. The molecule has 2 aromatic heterocycles. The number of aryl methyl sites for hydroxylation is 1. The number of hydrogen-bond donors (Lipinski definition) is 4. The molecule has 0 spiro atoms. The van der Waals surface area contributed by atoms with E-state index in [-0.39, 0.29) is 66.0 Å². The number of carbonyl (C=O) groups excluding carboxylic acids is 6. The number of hydrogen-bond acceptors (Lipinski definition) is 11. The lowest BCUT2D eigenvalue weighted by molar-refractivity contribution is -0.123. The number of amides is 1. The number of piperidine rings is 1. The second kappa shape index (κ2) is 16.8. The fourth-order valence-corrected chi connectivity index (χ4v) is 9.98. The highest BCUT2D eigenvalue weighted by atomic mass is 16.2. The number of benzene rings is 3. The summed E-state index contributed by atoms with van der Waals surface area (Å²) in [5, 5.41) is 20.4. The van der Waals surface area contributed by atoms with Crippen LogP contribution in [0.5, 0.6) is 0 Å². The third-order valence-electron chi connectivity index (χ3n) is 13.0. The summed E-state index contributed by atoms with van der Waals surface area (Å²) in [5.41, 5.74) is 7.98. The number of carbonyl (C=O) groups is 1. The van der Waals surface area contributed by atoms with Crippen LogP contribution in [0.4, 0.5) is 11.4 Å². The van der Waals surface area contributed by atoms with Crippen LogP contribution in [0.15, 0.2) is 59.9 Å². The van der Waals surface area contributed by atoms with Crippen molar-refractivity contribution in [2.24, 2.45) is 0 Å². The van der Waals surface area contributed by atoms with Gasteiger partial charge in [-0.1, -0.05) is 39.0 Å². The fraction of sp³-hybridized carbons (Fsp3) is 0.347. The molecular weight excluding hydrogens is 797 g/mol. The van der Waals surface area contributed by atoms with Crippen LogP contribution in [0.3, 0.4) is 0 Å². The summed E-state index contributed by atoms with van der Waals surface area (Å²) in [7, 11) is 0. The Balaban J connectivity index is 0.952. The van der Waals surface area contributed by atoms with Crippen molar-refractivity contribution in [1.82, 2.24) is 25.1 Å². The van der Waals surface area contributed by atoms with Crippen LogP contribution in [0.1, 0.15) is 87.0 Å². The molecule has 4 heterocycles. The molecule has 2 fully saturated rings. The average molecular weight is 843 g/mol. The van der Waals surface area contributed by atoms with Crippen LogP contribution in [0.2, 0.25) is 0 Å². The van der Waals surface area contributed by atoms with Crippen LogP contribution in [-0.4, -0.2) is 94.9 Å². The molecule has 0 saturated carbocycles. The van der Waals surface area contributed by atoms with Crippen LogP contribution in [0.25, 0.3) is 27.2 Å². The van der Waals surface area contributed by atoms with Gasteiger partial charge in [0.2, 0.25) is 5.91 Å². The van der Waals surface area contributed by atoms with Crippen LogP contribution in [-0.2, 0) is 40.6 Å². The third kappa shape index (κ3) is 7.12. The van der Waals surface area contributed by atoms with E-state index in [0.717, 1.165) is 51.0 Å². The van der Waals surface area contributed by atoms with Crippen molar-refractivity contribution in [3.63, 3.8) is 0 Å². The minimum Gasteiger partial charge on any atom is -0.383 e. The quantitative estimate of drug-likeness (QED) is 0.126. The Labute approximate surface area is 362 Å². The monoisotopic (exact) mass is 842 g/mol. The lowest BCUT2D eigenvalue weighted by atomic mass is 9.69. The maximum Gasteiger partial charge on any atom is 0.234 e. The van der Waals surface area contributed by atoms with E-state index in [4.69, 9.17) is 0 Å². The Hall–Kier alpha value is -7.43. The van der Waals surface area contributed by atoms with E-state index >= 15 is 0 Å². The molecule has 14 nitrogen and oxygen atoms in total. The summed E-state index contributed by atoms with van der Waals surface area (Å²) in [6.45, 7) is 12.8. The molecule has 318 valence electrons. The largest absolute Gasteiger partial charge is 0.383 e. The highest BCUT2D eigenvalue weighted by molar-refractivity contribution is 6.10. The van der Waals surface area contributed by atoms with Crippen LogP contribution >= 0.6 is 0 Å². The predicted molar refractivity (Wildman–Crippen MR) is 239 cm³/mol. The average Bonchev–Trinajstić information content (AvgIpc) is 3.84. The van der Waals surface area contributed by atoms with Crippen molar-refractivity contribution >= 4 is 74.2 Å². The number of nitrogens with zero attached hydrogens (tertiary/aromatic N) is 4. The summed E-state index contributed by atoms with van der Waals surface area (Å²) in [5.74, 6) is 9.58. The van der Waals surface area contributed by atoms with Gasteiger partial charge in [-0.05, 0) is 73.7 Å². The van der Waals surface area contributed by atoms with E-state index in [1.54, 1.807) is 36.1 Å². The fourth-order valence-electron chi connectivity index (χ4n) is 9.98. The molecule has 63 heavy (non-hydrogen) atoms. The van der Waals surface area contributed by atoms with Crippen molar-refractivity contribution in [1.29, 1.82) is 5.26 Å². The maximum absolute atomic E-state index is 13.4. The van der Waals surface area contributed by atoms with E-state index in [2.05, 4.69) is 89.5 Å². The number of piperazine rings is 1. The second-order valence-electron chi connectivity index (χ2n) is 17.1. The van der Waals surface area contributed by atoms with Gasteiger partial charge in [-0.15, -0.1) is 0 Å². The van der Waals surface area contributed by atoms with Gasteiger partial charge in [0.25, 0.3) is 0 Å². The van der Waals surface area contributed by atoms with Gasteiger partial charge in [0.05, 0.1) is 29.8 Å². The van der Waals surface area contributed by atoms with Crippen molar-refractivity contribution < 1.29 is 28.8 Å². The van der Waals surface area contributed by atoms with Crippen LogP contribution in [0, 0.1) is 11.3 Å². The number of allylic oxidation sites excluding steroid dienone is 2. The third-order valence-corrected chi connectivity index (χ3v) is 13.0. The molecule has 3 aliphatic rings. The van der Waals surface area contributed by atoms with Crippen molar-refractivity contribution in [3.05, 3.63) is 104 Å². The van der Waals surface area contributed by atoms with Crippen molar-refractivity contribution in [2.75, 3.05) is 42.9 Å². The number of nitriles is 1. The van der Waals surface area contributed by atoms with Crippen molar-refractivity contribution in [2.45, 2.75) is 77.4 Å². The first-order chi connectivity index (χ1) is 30.4. The topological polar surface area (TPSA) is 189 Å². The molecule has 0 bridgehead atoms. The van der Waals surface area contributed by atoms with Crippen LogP contribution < -0.4 is 31.5 Å². The molecule has 4 N–H and O–H groups in total. The summed E-state index contributed by atoms with van der Waals surface area (Å²) < 4.78 is 1.41. The molecule has 2 saturated heterocycles. The SMILES string of the molecule is CCc1cc2c(cc1N1CC(C)N(CC(=O)NCCNc3cccc4c(=C=O)n(C5CCC(=C=O)NC5=C=O)c(=C=O)c34)C(C)C1)C(C)(C)c1[nH]c3cc(C#N)ccc3c1C2=C=O. The zero-order chi connectivity index (χ0) is 44.7. The Bertz CT molecular complexity index is 3110. The first-order valence-corrected chi connectivity index (χ1v) is 21.1. The lowest BCUT2D eigenvalue weighted by Gasteiger charge is -2.46. The number of aromatic nitrogens is 2. The predicted octanol–water partition coefficient (Wildman–Crippen LogP) is 2.95. The Morgan fingerprint density at radius 1 is 0.905 bits per heavy atom. The number of nitrogens with one attached hydrogen (secondary N) is 4. The molecule has 5 aromatic rings. The Morgan fingerprint density at radius 3 is 2.33 bits per heavy atom. The molecule has 3 aromatic carbocycles. The molecule has 0 radical (unpaired) electrons. The first kappa shape index (κ1) is 42.3. The number of H-pyrrole nitrogens is 1. The Morgan fingerprint density at radius 2 is 1.67 bits per heavy atom. The zero-order valence-corrected chi connectivity index (χ0v) is 35.7. The van der Waals surface area contributed by atoms with E-state index in [1.807, 2.05) is 24.0 Å². The highest BCUT2D eigenvalue weighted by Crippen LogP contribution is 2.50. The van der Waals surface area contributed by atoms with Gasteiger partial charge >= 0.3 is 0 Å². The summed E-state index contributed by atoms with van der Waals surface area (Å²) >= 11 is 0. The lowest BCUT2D eigenvalue weighted by Crippen LogP contribution is -2.59. The number of rotatable bonds is 9. The zero-order valence-electron chi connectivity index (χ0n) is 35.7. The van der Waals surface area contributed by atoms with Crippen molar-refractivity contribution in [3.8, 4) is 6.07 Å². The molecule has 1 aliphatic carbocycles. The van der Waals surface area contributed by atoms with E-state index in [1.165, 1.54) is 4.57 Å². The van der Waals surface area contributed by atoms with E-state index in [0.29, 0.717) is 47.2 Å². The molecule has 2 aliphatic heterocycles. The summed E-state index contributed by atoms with van der Waals surface area (Å²) in [4.78, 5) is 82.2. The molecule has 1 amide bonds. The molecule has 3 unspecified atom stereocenters. The van der Waals surface area contributed by atoms with Gasteiger partial charge < -0.3 is 30.4 Å². The van der Waals surface area contributed by atoms with Gasteiger partial charge in [-0.2, -0.15) is 5.26 Å². The molecular formula is C49H46N8O6. The minimum atomic E-state index is -0.776. The van der Waals surface area contributed by atoms with E-state index < -0.39 is 11.5 Å². The number of fused-ring (bicyclic) bond motifs is 5. The summed E-state index contributed by atoms with van der Waals surface area (Å²) in [6.07, 6.45) is 1.25. The molecule has 14 heteroatoms. The summed E-state index contributed by atoms with van der Waals surface area (Å²) in [6, 6.07) is 16.5. The molecule has 3 atom stereocenters. The van der Waals surface area contributed by atoms with Gasteiger partial charge in [-0.25, -0.2) is 24.0 Å². The van der Waals surface area contributed by atoms with Gasteiger partial charge in [0.1, 0.15) is 39.9 Å². The number of anilines is 2. The van der Waals surface area contributed by atoms with Gasteiger partial charge in [0, 0.05) is 94.4 Å². The Kier molecular flexibility index (Phi) is 11.3. The number of aromatic amines is 1. The van der Waals surface area contributed by atoms with Gasteiger partial charge in [0.15, 0.2) is 11.9 Å². The highest BCUT2D eigenvalue weighted by Gasteiger charge is 2.40. The standard InChI is InChI=1S/C49H46N8O6/c1-6-31-17-35-36(24-59)46-33-12-10-30(19-50)16-39(33)54-48(46)49(4,5)37(35)18-42(31)55-20-28(2)56(29(3)21-55)22-45(63)52-15-14-51-38-9-7-8-34-43(26-61)57(44(27-62)47(34)38)41-13-11-32(23-58)53-40(41)25-60/h7-10,12,16-18,28-29,41,51,53-54H,6,11,13-15,20-22H2,1-5H3,(H,52,63). The first-order valence-electron chi connectivity index (χ1n) is 21.1.